The summed E-state index contributed by atoms with van der Waals surface area (Å²) in [5, 5.41) is 3.19. The highest BCUT2D eigenvalue weighted by molar-refractivity contribution is 9.10. The summed E-state index contributed by atoms with van der Waals surface area (Å²) in [5.41, 5.74) is 1.16. The van der Waals surface area contributed by atoms with Crippen molar-refractivity contribution in [2.24, 2.45) is 0 Å². The highest BCUT2D eigenvalue weighted by Gasteiger charge is 1.99. The highest BCUT2D eigenvalue weighted by atomic mass is 79.9. The fourth-order valence-electron chi connectivity index (χ4n) is 1.20. The van der Waals surface area contributed by atoms with Crippen LogP contribution in [0.3, 0.4) is 0 Å². The molecule has 0 spiro atoms. The summed E-state index contributed by atoms with van der Waals surface area (Å²) in [6.07, 6.45) is 5.33. The van der Waals surface area contributed by atoms with Crippen molar-refractivity contribution in [1.82, 2.24) is 15.0 Å². The molecule has 0 aliphatic heterocycles. The lowest BCUT2D eigenvalue weighted by atomic mass is 10.3. The summed E-state index contributed by atoms with van der Waals surface area (Å²) < 4.78 is 1.02. The van der Waals surface area contributed by atoms with Crippen molar-refractivity contribution in [1.29, 1.82) is 0 Å². The average Bonchev–Trinajstić information content (AvgIpc) is 2.73. The molecule has 2 rings (SSSR count). The molecule has 5 heteroatoms. The molecule has 0 bridgehead atoms. The molecule has 4 nitrogen and oxygen atoms in total. The van der Waals surface area contributed by atoms with E-state index in [1.54, 1.807) is 18.6 Å². The number of anilines is 1. The van der Waals surface area contributed by atoms with Crippen molar-refractivity contribution in [3.8, 4) is 0 Å². The van der Waals surface area contributed by atoms with Gasteiger partial charge >= 0.3 is 0 Å². The Morgan fingerprint density at radius 3 is 3.00 bits per heavy atom. The smallest absolute Gasteiger partial charge is 0.126 e. The molecule has 0 radical (unpaired) electrons. The minimum absolute atomic E-state index is 0.654. The van der Waals surface area contributed by atoms with Gasteiger partial charge in [-0.25, -0.2) is 9.97 Å². The quantitative estimate of drug-likeness (QED) is 0.898. The lowest BCUT2D eigenvalue weighted by Gasteiger charge is -2.05. The lowest BCUT2D eigenvalue weighted by molar-refractivity contribution is 0.986. The van der Waals surface area contributed by atoms with Crippen molar-refractivity contribution in [3.05, 3.63) is 40.5 Å². The minimum atomic E-state index is 0.654. The van der Waals surface area contributed by atoms with E-state index in [1.165, 1.54) is 0 Å². The van der Waals surface area contributed by atoms with Crippen molar-refractivity contribution < 1.29 is 0 Å². The van der Waals surface area contributed by atoms with Gasteiger partial charge in [0.2, 0.25) is 0 Å². The van der Waals surface area contributed by atoms with Crippen LogP contribution in [0.1, 0.15) is 11.4 Å². The number of aromatic amines is 1. The third-order valence-electron chi connectivity index (χ3n) is 2.04. The Balaban J connectivity index is 2.02. The lowest BCUT2D eigenvalue weighted by Crippen LogP contribution is -2.03. The number of imidazole rings is 1. The van der Waals surface area contributed by atoms with Gasteiger partial charge in [0.05, 0.1) is 6.54 Å². The molecular formula is C10H11BrN4. The molecule has 2 heterocycles. The van der Waals surface area contributed by atoms with Crippen LogP contribution in [0.5, 0.6) is 0 Å². The number of nitrogens with zero attached hydrogens (tertiary/aromatic N) is 2. The summed E-state index contributed by atoms with van der Waals surface area (Å²) in [5.74, 6) is 1.75. The molecule has 0 amide bonds. The second-order valence-electron chi connectivity index (χ2n) is 3.21. The predicted octanol–water partition coefficient (Wildman–Crippen LogP) is 2.49. The summed E-state index contributed by atoms with van der Waals surface area (Å²) in [4.78, 5) is 11.4. The van der Waals surface area contributed by atoms with E-state index in [0.29, 0.717) is 6.54 Å². The molecule has 2 aromatic heterocycles. The number of aryl methyl sites for hydroxylation is 1. The van der Waals surface area contributed by atoms with Crippen LogP contribution in [-0.2, 0) is 6.54 Å². The number of pyridine rings is 1. The number of hydrogen-bond acceptors (Lipinski definition) is 3. The average molecular weight is 267 g/mol. The molecular weight excluding hydrogens is 256 g/mol. The maximum Gasteiger partial charge on any atom is 0.126 e. The van der Waals surface area contributed by atoms with Crippen molar-refractivity contribution >= 4 is 21.7 Å². The topological polar surface area (TPSA) is 53.6 Å². The molecule has 2 N–H and O–H groups in total. The van der Waals surface area contributed by atoms with Gasteiger partial charge in [0, 0.05) is 23.1 Å². The molecule has 0 unspecified atom stereocenters. The van der Waals surface area contributed by atoms with Crippen molar-refractivity contribution in [2.75, 3.05) is 5.32 Å². The van der Waals surface area contributed by atoms with Crippen LogP contribution in [0.4, 0.5) is 5.82 Å². The zero-order chi connectivity index (χ0) is 10.7. The first-order valence-corrected chi connectivity index (χ1v) is 5.39. The standard InChI is InChI=1S/C10H11BrN4/c1-7-4-9(14-5-8(7)11)15-6-10-12-2-3-13-10/h2-5H,6H2,1H3,(H,12,13)(H,14,15). The Morgan fingerprint density at radius 1 is 1.47 bits per heavy atom. The Kier molecular flexibility index (Phi) is 3.01. The van der Waals surface area contributed by atoms with E-state index in [4.69, 9.17) is 0 Å². The van der Waals surface area contributed by atoms with E-state index in [-0.39, 0.29) is 0 Å². The van der Waals surface area contributed by atoms with Crippen LogP contribution < -0.4 is 5.32 Å². The second-order valence-corrected chi connectivity index (χ2v) is 4.06. The first-order valence-electron chi connectivity index (χ1n) is 4.60. The normalized spacial score (nSPS) is 10.3. The first-order chi connectivity index (χ1) is 7.25. The molecule has 0 saturated heterocycles. The van der Waals surface area contributed by atoms with Crippen LogP contribution in [0, 0.1) is 6.92 Å². The van der Waals surface area contributed by atoms with Gasteiger partial charge in [0.25, 0.3) is 0 Å². The van der Waals surface area contributed by atoms with Crippen LogP contribution in [0.25, 0.3) is 0 Å². The summed E-state index contributed by atoms with van der Waals surface area (Å²) >= 11 is 3.41. The van der Waals surface area contributed by atoms with Gasteiger partial charge in [-0.2, -0.15) is 0 Å². The molecule has 0 aliphatic rings. The largest absolute Gasteiger partial charge is 0.363 e. The van der Waals surface area contributed by atoms with Crippen LogP contribution in [0.15, 0.2) is 29.1 Å². The fourth-order valence-corrected chi connectivity index (χ4v) is 1.42. The molecule has 0 saturated carbocycles. The zero-order valence-corrected chi connectivity index (χ0v) is 9.87. The van der Waals surface area contributed by atoms with E-state index < -0.39 is 0 Å². The Hall–Kier alpha value is -1.36. The summed E-state index contributed by atoms with van der Waals surface area (Å²) in [6, 6.07) is 1.99. The van der Waals surface area contributed by atoms with E-state index in [0.717, 1.165) is 21.7 Å². The fraction of sp³-hybridized carbons (Fsp3) is 0.200. The molecule has 0 aromatic carbocycles. The molecule has 2 aromatic rings. The molecule has 0 aliphatic carbocycles. The number of H-pyrrole nitrogens is 1. The van der Waals surface area contributed by atoms with Gasteiger partial charge in [0.15, 0.2) is 0 Å². The van der Waals surface area contributed by atoms with Gasteiger partial charge in [-0.15, -0.1) is 0 Å². The van der Waals surface area contributed by atoms with Gasteiger partial charge in [0.1, 0.15) is 11.6 Å². The Morgan fingerprint density at radius 2 is 2.33 bits per heavy atom. The number of hydrogen-bond donors (Lipinski definition) is 2. The molecule has 0 fully saturated rings. The third kappa shape index (κ3) is 2.56. The van der Waals surface area contributed by atoms with Gasteiger partial charge in [-0.3, -0.25) is 0 Å². The van der Waals surface area contributed by atoms with Crippen LogP contribution in [-0.4, -0.2) is 15.0 Å². The zero-order valence-electron chi connectivity index (χ0n) is 8.29. The van der Waals surface area contributed by atoms with Crippen molar-refractivity contribution in [3.63, 3.8) is 0 Å². The maximum atomic E-state index is 4.24. The van der Waals surface area contributed by atoms with E-state index in [9.17, 15) is 0 Å². The second kappa shape index (κ2) is 4.44. The highest BCUT2D eigenvalue weighted by Crippen LogP contribution is 2.17. The van der Waals surface area contributed by atoms with Gasteiger partial charge < -0.3 is 10.3 Å². The minimum Gasteiger partial charge on any atom is -0.363 e. The van der Waals surface area contributed by atoms with Crippen LogP contribution in [0.2, 0.25) is 0 Å². The third-order valence-corrected chi connectivity index (χ3v) is 2.87. The van der Waals surface area contributed by atoms with Crippen molar-refractivity contribution in [2.45, 2.75) is 13.5 Å². The van der Waals surface area contributed by atoms with Crippen LogP contribution >= 0.6 is 15.9 Å². The summed E-state index contributed by atoms with van der Waals surface area (Å²) in [6.45, 7) is 2.69. The van der Waals surface area contributed by atoms with E-state index >= 15 is 0 Å². The molecule has 15 heavy (non-hydrogen) atoms. The number of halogens is 1. The SMILES string of the molecule is Cc1cc(NCc2ncc[nH]2)ncc1Br. The Bertz CT molecular complexity index is 439. The number of nitrogens with one attached hydrogen (secondary N) is 2. The molecule has 0 atom stereocenters. The monoisotopic (exact) mass is 266 g/mol. The molecule has 78 valence electrons. The predicted molar refractivity (Wildman–Crippen MR) is 62.6 cm³/mol. The Labute approximate surface area is 96.3 Å². The van der Waals surface area contributed by atoms with Gasteiger partial charge in [-0.05, 0) is 34.5 Å². The first kappa shape index (κ1) is 10.2. The number of rotatable bonds is 3. The van der Waals surface area contributed by atoms with E-state index in [2.05, 4.69) is 36.2 Å². The van der Waals surface area contributed by atoms with E-state index in [1.807, 2.05) is 13.0 Å². The van der Waals surface area contributed by atoms with Gasteiger partial charge in [-0.1, -0.05) is 0 Å². The summed E-state index contributed by atoms with van der Waals surface area (Å²) in [7, 11) is 0. The maximum absolute atomic E-state index is 4.24. The number of aromatic nitrogens is 3.